The van der Waals surface area contributed by atoms with E-state index in [-0.39, 0.29) is 11.8 Å². The zero-order valence-corrected chi connectivity index (χ0v) is 11.9. The average molecular weight is 275 g/mol. The van der Waals surface area contributed by atoms with Gasteiger partial charge in [0.15, 0.2) is 0 Å². The first kappa shape index (κ1) is 14.5. The van der Waals surface area contributed by atoms with Gasteiger partial charge in [-0.25, -0.2) is 5.84 Å². The van der Waals surface area contributed by atoms with E-state index in [0.29, 0.717) is 30.4 Å². The molecule has 0 aliphatic carbocycles. The van der Waals surface area contributed by atoms with E-state index < -0.39 is 0 Å². The summed E-state index contributed by atoms with van der Waals surface area (Å²) in [6.45, 7) is 5.73. The number of hydrogen-bond donors (Lipinski definition) is 2. The lowest BCUT2D eigenvalue weighted by Crippen LogP contribution is -2.30. The van der Waals surface area contributed by atoms with Crippen LogP contribution in [-0.4, -0.2) is 23.3 Å². The van der Waals surface area contributed by atoms with Gasteiger partial charge in [-0.15, -0.1) is 0 Å². The van der Waals surface area contributed by atoms with Crippen LogP contribution in [0.2, 0.25) is 0 Å². The number of hydrogen-bond acceptors (Lipinski definition) is 3. The van der Waals surface area contributed by atoms with Gasteiger partial charge in [0, 0.05) is 25.1 Å². The topological polar surface area (TPSA) is 75.4 Å². The summed E-state index contributed by atoms with van der Waals surface area (Å²) in [4.78, 5) is 25.2. The summed E-state index contributed by atoms with van der Waals surface area (Å²) in [7, 11) is 0. The highest BCUT2D eigenvalue weighted by molar-refractivity contribution is 5.93. The van der Waals surface area contributed by atoms with Crippen LogP contribution in [0.15, 0.2) is 24.3 Å². The van der Waals surface area contributed by atoms with Crippen LogP contribution in [0.4, 0.5) is 0 Å². The number of likely N-dealkylation sites (tertiary alicyclic amines) is 1. The number of nitrogen functional groups attached to an aromatic ring is 1. The maximum atomic E-state index is 12.0. The van der Waals surface area contributed by atoms with Gasteiger partial charge >= 0.3 is 0 Å². The highest BCUT2D eigenvalue weighted by atomic mass is 16.2. The number of carbonyl (C=O) groups excluding carboxylic acids is 2. The van der Waals surface area contributed by atoms with Crippen molar-refractivity contribution in [3.8, 4) is 0 Å². The van der Waals surface area contributed by atoms with Gasteiger partial charge in [0.2, 0.25) is 5.91 Å². The third-order valence-electron chi connectivity index (χ3n) is 3.91. The Bertz CT molecular complexity index is 496. The van der Waals surface area contributed by atoms with Crippen LogP contribution in [0.3, 0.4) is 0 Å². The fourth-order valence-corrected chi connectivity index (χ4v) is 2.47. The third kappa shape index (κ3) is 3.17. The molecule has 0 aromatic heterocycles. The molecular formula is C15H21N3O2. The van der Waals surface area contributed by atoms with Crippen molar-refractivity contribution in [1.82, 2.24) is 10.3 Å². The Balaban J connectivity index is 2.00. The van der Waals surface area contributed by atoms with Crippen molar-refractivity contribution in [2.24, 2.45) is 17.7 Å². The molecule has 0 radical (unpaired) electrons. The van der Waals surface area contributed by atoms with E-state index in [1.54, 1.807) is 12.1 Å². The van der Waals surface area contributed by atoms with Gasteiger partial charge in [0.1, 0.15) is 0 Å². The van der Waals surface area contributed by atoms with Crippen molar-refractivity contribution in [3.05, 3.63) is 35.4 Å². The van der Waals surface area contributed by atoms with Crippen LogP contribution < -0.4 is 11.3 Å². The van der Waals surface area contributed by atoms with Crippen LogP contribution in [0.25, 0.3) is 0 Å². The van der Waals surface area contributed by atoms with Crippen molar-refractivity contribution < 1.29 is 9.59 Å². The molecule has 1 atom stereocenters. The van der Waals surface area contributed by atoms with Crippen molar-refractivity contribution in [2.45, 2.75) is 26.8 Å². The van der Waals surface area contributed by atoms with Gasteiger partial charge in [-0.3, -0.25) is 15.0 Å². The molecule has 2 rings (SSSR count). The first-order valence-corrected chi connectivity index (χ1v) is 6.89. The fourth-order valence-electron chi connectivity index (χ4n) is 2.47. The summed E-state index contributed by atoms with van der Waals surface area (Å²) < 4.78 is 0. The summed E-state index contributed by atoms with van der Waals surface area (Å²) in [5, 5.41) is 0. The van der Waals surface area contributed by atoms with Crippen LogP contribution in [0.5, 0.6) is 0 Å². The van der Waals surface area contributed by atoms with Gasteiger partial charge in [-0.2, -0.15) is 0 Å². The van der Waals surface area contributed by atoms with E-state index in [2.05, 4.69) is 19.3 Å². The Morgan fingerprint density at radius 2 is 2.05 bits per heavy atom. The molecule has 108 valence electrons. The number of benzene rings is 1. The van der Waals surface area contributed by atoms with E-state index in [0.717, 1.165) is 12.1 Å². The molecule has 5 heteroatoms. The molecular weight excluding hydrogens is 254 g/mol. The Morgan fingerprint density at radius 1 is 1.40 bits per heavy atom. The number of nitrogens with two attached hydrogens (primary N) is 1. The maximum absolute atomic E-state index is 12.0. The first-order valence-electron chi connectivity index (χ1n) is 6.89. The molecule has 3 N–H and O–H groups in total. The summed E-state index contributed by atoms with van der Waals surface area (Å²) in [6, 6.07) is 7.16. The van der Waals surface area contributed by atoms with Crippen molar-refractivity contribution >= 4 is 11.8 Å². The molecule has 1 saturated heterocycles. The minimum atomic E-state index is -0.311. The molecule has 1 fully saturated rings. The highest BCUT2D eigenvalue weighted by Gasteiger charge is 2.31. The van der Waals surface area contributed by atoms with Crippen LogP contribution in [-0.2, 0) is 11.3 Å². The van der Waals surface area contributed by atoms with Crippen LogP contribution in [0, 0.1) is 11.8 Å². The van der Waals surface area contributed by atoms with Gasteiger partial charge in [-0.05, 0) is 29.5 Å². The number of nitrogens with one attached hydrogen (secondary N) is 1. The minimum absolute atomic E-state index is 0.215. The second-order valence-electron chi connectivity index (χ2n) is 5.65. The highest BCUT2D eigenvalue weighted by Crippen LogP contribution is 2.26. The molecule has 2 amide bonds. The molecule has 1 aromatic carbocycles. The second kappa shape index (κ2) is 6.05. The summed E-state index contributed by atoms with van der Waals surface area (Å²) in [6.07, 6.45) is 0.644. The lowest BCUT2D eigenvalue weighted by Gasteiger charge is -2.18. The van der Waals surface area contributed by atoms with E-state index >= 15 is 0 Å². The lowest BCUT2D eigenvalue weighted by molar-refractivity contribution is -0.128. The molecule has 1 aliphatic rings. The SMILES string of the molecule is CC(C)C1CC(=O)N(Cc2ccc(C(=O)NN)cc2)C1. The maximum Gasteiger partial charge on any atom is 0.265 e. The zero-order valence-electron chi connectivity index (χ0n) is 11.9. The number of carbonyl (C=O) groups is 2. The first-order chi connectivity index (χ1) is 9.51. The monoisotopic (exact) mass is 275 g/mol. The summed E-state index contributed by atoms with van der Waals surface area (Å²) in [5.74, 6) is 5.96. The number of rotatable bonds is 4. The lowest BCUT2D eigenvalue weighted by atomic mass is 9.95. The Hall–Kier alpha value is -1.88. The minimum Gasteiger partial charge on any atom is -0.338 e. The van der Waals surface area contributed by atoms with E-state index in [4.69, 9.17) is 5.84 Å². The van der Waals surface area contributed by atoms with Crippen molar-refractivity contribution in [1.29, 1.82) is 0 Å². The Labute approximate surface area is 119 Å². The summed E-state index contributed by atoms with van der Waals surface area (Å²) >= 11 is 0. The second-order valence-corrected chi connectivity index (χ2v) is 5.65. The van der Waals surface area contributed by atoms with E-state index in [9.17, 15) is 9.59 Å². The number of amides is 2. The molecule has 1 aromatic rings. The standard InChI is InChI=1S/C15H21N3O2/c1-10(2)13-7-14(19)18(9-13)8-11-3-5-12(6-4-11)15(20)17-16/h3-6,10,13H,7-9,16H2,1-2H3,(H,17,20). The predicted octanol–water partition coefficient (Wildman–Crippen LogP) is 1.29. The van der Waals surface area contributed by atoms with E-state index in [1.165, 1.54) is 0 Å². The van der Waals surface area contributed by atoms with Crippen LogP contribution >= 0.6 is 0 Å². The van der Waals surface area contributed by atoms with Crippen molar-refractivity contribution in [2.75, 3.05) is 6.54 Å². The molecule has 5 nitrogen and oxygen atoms in total. The molecule has 1 aliphatic heterocycles. The van der Waals surface area contributed by atoms with Gasteiger partial charge in [-0.1, -0.05) is 26.0 Å². The molecule has 0 saturated carbocycles. The predicted molar refractivity (Wildman–Crippen MR) is 76.5 cm³/mol. The zero-order chi connectivity index (χ0) is 14.7. The third-order valence-corrected chi connectivity index (χ3v) is 3.91. The molecule has 20 heavy (non-hydrogen) atoms. The Kier molecular flexibility index (Phi) is 4.39. The smallest absolute Gasteiger partial charge is 0.265 e. The van der Waals surface area contributed by atoms with Gasteiger partial charge < -0.3 is 4.90 Å². The fraction of sp³-hybridized carbons (Fsp3) is 0.467. The normalized spacial score (nSPS) is 18.7. The molecule has 1 unspecified atom stereocenters. The summed E-state index contributed by atoms with van der Waals surface area (Å²) in [5.41, 5.74) is 3.64. The molecule has 1 heterocycles. The quantitative estimate of drug-likeness (QED) is 0.494. The van der Waals surface area contributed by atoms with Gasteiger partial charge in [0.25, 0.3) is 5.91 Å². The molecule has 0 spiro atoms. The van der Waals surface area contributed by atoms with E-state index in [1.807, 2.05) is 17.0 Å². The largest absolute Gasteiger partial charge is 0.338 e. The number of nitrogens with zero attached hydrogens (tertiary/aromatic N) is 1. The molecule has 0 bridgehead atoms. The van der Waals surface area contributed by atoms with Crippen molar-refractivity contribution in [3.63, 3.8) is 0 Å². The average Bonchev–Trinajstić information content (AvgIpc) is 2.80. The van der Waals surface area contributed by atoms with Gasteiger partial charge in [0.05, 0.1) is 0 Å². The van der Waals surface area contributed by atoms with Crippen LogP contribution in [0.1, 0.15) is 36.2 Å². The number of hydrazine groups is 1. The Morgan fingerprint density at radius 3 is 2.55 bits per heavy atom.